The molecule has 34 heavy (non-hydrogen) atoms. The Labute approximate surface area is 203 Å². The Morgan fingerprint density at radius 1 is 1.12 bits per heavy atom. The number of hydrogen-bond acceptors (Lipinski definition) is 6. The van der Waals surface area contributed by atoms with E-state index < -0.39 is 11.9 Å². The minimum atomic E-state index is -0.658. The monoisotopic (exact) mass is 476 g/mol. The molecule has 2 aliphatic rings. The summed E-state index contributed by atoms with van der Waals surface area (Å²) in [6.45, 7) is 2.62. The molecule has 1 N–H and O–H groups in total. The highest BCUT2D eigenvalue weighted by Crippen LogP contribution is 2.37. The van der Waals surface area contributed by atoms with Gasteiger partial charge in [-0.2, -0.15) is 0 Å². The molecule has 8 nitrogen and oxygen atoms in total. The number of amides is 2. The number of piperidine rings is 1. The molecule has 2 amide bonds. The zero-order valence-electron chi connectivity index (χ0n) is 19.2. The molecule has 2 aromatic carbocycles. The summed E-state index contributed by atoms with van der Waals surface area (Å²) in [4.78, 5) is 35.3. The lowest BCUT2D eigenvalue weighted by Gasteiger charge is -2.30. The second-order valence-electron chi connectivity index (χ2n) is 8.69. The number of thioether (sulfide) groups is 1. The lowest BCUT2D eigenvalue weighted by Crippen LogP contribution is -2.48. The van der Waals surface area contributed by atoms with E-state index >= 15 is 0 Å². The number of fused-ring (bicyclic) bond motifs is 1. The van der Waals surface area contributed by atoms with Crippen LogP contribution in [0.3, 0.4) is 0 Å². The van der Waals surface area contributed by atoms with Gasteiger partial charge in [-0.1, -0.05) is 30.3 Å². The van der Waals surface area contributed by atoms with Crippen molar-refractivity contribution in [3.05, 3.63) is 66.2 Å². The van der Waals surface area contributed by atoms with E-state index in [1.807, 2.05) is 30.3 Å². The van der Waals surface area contributed by atoms with Gasteiger partial charge in [0, 0.05) is 36.5 Å². The lowest BCUT2D eigenvalue weighted by atomic mass is 10.1. The predicted octanol–water partition coefficient (Wildman–Crippen LogP) is 3.18. The van der Waals surface area contributed by atoms with Crippen LogP contribution in [0.2, 0.25) is 0 Å². The molecule has 2 aliphatic heterocycles. The van der Waals surface area contributed by atoms with Gasteiger partial charge in [0.2, 0.25) is 11.7 Å². The van der Waals surface area contributed by atoms with Crippen LogP contribution in [-0.2, 0) is 11.3 Å². The first-order valence-electron chi connectivity index (χ1n) is 11.6. The molecule has 0 saturated carbocycles. The first-order valence-corrected chi connectivity index (χ1v) is 12.6. The lowest BCUT2D eigenvalue weighted by molar-refractivity contribution is -0.119. The van der Waals surface area contributed by atoms with Gasteiger partial charge in [-0.15, -0.1) is 16.9 Å². The molecule has 0 radical (unpaired) electrons. The average molecular weight is 477 g/mol. The molecule has 1 aromatic heterocycles. The van der Waals surface area contributed by atoms with Crippen LogP contribution in [0.25, 0.3) is 0 Å². The summed E-state index contributed by atoms with van der Waals surface area (Å²) >= 11 is 1.58. The highest BCUT2D eigenvalue weighted by atomic mass is 32.2. The number of likely N-dealkylation sites (N-methyl/N-ethyl adjacent to an activating group) is 1. The van der Waals surface area contributed by atoms with Crippen molar-refractivity contribution in [3.8, 4) is 0 Å². The van der Waals surface area contributed by atoms with Crippen LogP contribution in [-0.4, -0.2) is 58.5 Å². The second kappa shape index (κ2) is 9.89. The van der Waals surface area contributed by atoms with Gasteiger partial charge >= 0.3 is 0 Å². The van der Waals surface area contributed by atoms with Crippen molar-refractivity contribution in [1.29, 1.82) is 0 Å². The average Bonchev–Trinajstić information content (AvgIpc) is 3.31. The number of nitrogens with one attached hydrogen (secondary N) is 1. The van der Waals surface area contributed by atoms with Gasteiger partial charge in [0.1, 0.15) is 12.4 Å². The molecule has 0 bridgehead atoms. The summed E-state index contributed by atoms with van der Waals surface area (Å²) in [5.74, 6) is -0.0702. The van der Waals surface area contributed by atoms with Crippen molar-refractivity contribution in [2.75, 3.05) is 35.7 Å². The molecule has 0 aliphatic carbocycles. The maximum absolute atomic E-state index is 13.2. The molecule has 1 saturated heterocycles. The van der Waals surface area contributed by atoms with Gasteiger partial charge in [-0.05, 0) is 43.0 Å². The van der Waals surface area contributed by atoms with Crippen molar-refractivity contribution in [2.45, 2.75) is 36.7 Å². The van der Waals surface area contributed by atoms with Crippen molar-refractivity contribution >= 4 is 35.0 Å². The van der Waals surface area contributed by atoms with Gasteiger partial charge in [0.25, 0.3) is 5.91 Å². The van der Waals surface area contributed by atoms with E-state index in [0.717, 1.165) is 34.9 Å². The quantitative estimate of drug-likeness (QED) is 0.609. The third-order valence-corrected chi connectivity index (χ3v) is 7.45. The van der Waals surface area contributed by atoms with E-state index in [-0.39, 0.29) is 11.7 Å². The summed E-state index contributed by atoms with van der Waals surface area (Å²) in [5.41, 5.74) is 3.10. The topological polar surface area (TPSA) is 83.4 Å². The fourth-order valence-electron chi connectivity index (χ4n) is 4.41. The van der Waals surface area contributed by atoms with E-state index in [9.17, 15) is 9.59 Å². The van der Waals surface area contributed by atoms with Crippen LogP contribution < -0.4 is 15.1 Å². The largest absolute Gasteiger partial charge is 0.371 e. The fourth-order valence-corrected chi connectivity index (χ4v) is 5.49. The summed E-state index contributed by atoms with van der Waals surface area (Å²) < 4.78 is 1.62. The Kier molecular flexibility index (Phi) is 6.53. The normalized spacial score (nSPS) is 18.4. The Morgan fingerprint density at radius 2 is 1.91 bits per heavy atom. The molecule has 1 fully saturated rings. The number of carbonyl (C=O) groups excluding carboxylic acids is 2. The molecule has 3 heterocycles. The highest BCUT2D eigenvalue weighted by Gasteiger charge is 2.31. The zero-order valence-corrected chi connectivity index (χ0v) is 20.0. The molecule has 1 atom stereocenters. The second-order valence-corrected chi connectivity index (χ2v) is 9.75. The standard InChI is InChI=1S/C25H28N6O2S/c1-29-21-14-19(30-12-6-3-7-13-30)10-11-22(21)34-16-20(25(29)33)27-24(32)23-26-17-31(28-23)15-18-8-4-2-5-9-18/h2,4-5,8-11,14,17,20H,3,6-7,12-13,15-16H2,1H3,(H,27,32)/t20-/m0/s1. The molecule has 9 heteroatoms. The van der Waals surface area contributed by atoms with Crippen LogP contribution >= 0.6 is 11.8 Å². The number of aromatic nitrogens is 3. The summed E-state index contributed by atoms with van der Waals surface area (Å²) in [6, 6.07) is 15.5. The van der Waals surface area contributed by atoms with Crippen molar-refractivity contribution < 1.29 is 9.59 Å². The third kappa shape index (κ3) is 4.79. The number of carbonyl (C=O) groups is 2. The number of nitrogens with zero attached hydrogens (tertiary/aromatic N) is 5. The van der Waals surface area contributed by atoms with E-state index in [0.29, 0.717) is 12.3 Å². The van der Waals surface area contributed by atoms with E-state index in [4.69, 9.17) is 0 Å². The molecular formula is C25H28N6O2S. The predicted molar refractivity (Wildman–Crippen MR) is 133 cm³/mol. The van der Waals surface area contributed by atoms with Crippen LogP contribution in [0.4, 0.5) is 11.4 Å². The van der Waals surface area contributed by atoms with Crippen LogP contribution in [0.5, 0.6) is 0 Å². The Morgan fingerprint density at radius 3 is 2.71 bits per heavy atom. The van der Waals surface area contributed by atoms with Gasteiger partial charge in [-0.25, -0.2) is 9.67 Å². The van der Waals surface area contributed by atoms with Crippen molar-refractivity contribution in [2.24, 2.45) is 0 Å². The molecular weight excluding hydrogens is 448 g/mol. The number of benzene rings is 2. The van der Waals surface area contributed by atoms with E-state index in [1.54, 1.807) is 28.4 Å². The van der Waals surface area contributed by atoms with Gasteiger partial charge in [0.05, 0.1) is 12.2 Å². The van der Waals surface area contributed by atoms with Gasteiger partial charge in [-0.3, -0.25) is 9.59 Å². The molecule has 0 unspecified atom stereocenters. The summed E-state index contributed by atoms with van der Waals surface area (Å²) in [5, 5.41) is 7.14. The molecule has 3 aromatic rings. The summed E-state index contributed by atoms with van der Waals surface area (Å²) in [6.07, 6.45) is 5.21. The van der Waals surface area contributed by atoms with Crippen molar-refractivity contribution in [1.82, 2.24) is 20.1 Å². The molecule has 5 rings (SSSR count). The number of rotatable bonds is 5. The smallest absolute Gasteiger partial charge is 0.291 e. The Bertz CT molecular complexity index is 1180. The highest BCUT2D eigenvalue weighted by molar-refractivity contribution is 7.99. The third-order valence-electron chi connectivity index (χ3n) is 6.29. The maximum atomic E-state index is 13.2. The van der Waals surface area contributed by atoms with Crippen molar-refractivity contribution in [3.63, 3.8) is 0 Å². The molecule has 0 spiro atoms. The number of hydrogen-bond donors (Lipinski definition) is 1. The first kappa shape index (κ1) is 22.5. The Balaban J connectivity index is 1.27. The van der Waals surface area contributed by atoms with E-state index in [1.165, 1.54) is 25.6 Å². The first-order chi connectivity index (χ1) is 16.6. The SMILES string of the molecule is CN1C(=O)[C@@H](NC(=O)c2ncn(Cc3ccccc3)n2)CSc2ccc(N3CCCCC3)cc21. The van der Waals surface area contributed by atoms with Gasteiger partial charge < -0.3 is 15.1 Å². The minimum absolute atomic E-state index is 0.0607. The van der Waals surface area contributed by atoms with Gasteiger partial charge in [0.15, 0.2) is 0 Å². The molecule has 176 valence electrons. The summed E-state index contributed by atoms with van der Waals surface area (Å²) in [7, 11) is 1.78. The maximum Gasteiger partial charge on any atom is 0.291 e. The zero-order chi connectivity index (χ0) is 23.5. The van der Waals surface area contributed by atoms with Crippen LogP contribution in [0, 0.1) is 0 Å². The number of anilines is 2. The Hall–Kier alpha value is -3.33. The minimum Gasteiger partial charge on any atom is -0.371 e. The van der Waals surface area contributed by atoms with E-state index in [2.05, 4.69) is 38.5 Å². The van der Waals surface area contributed by atoms with Crippen LogP contribution in [0.1, 0.15) is 35.4 Å². The fraction of sp³-hybridized carbons (Fsp3) is 0.360. The van der Waals surface area contributed by atoms with Crippen LogP contribution in [0.15, 0.2) is 59.8 Å².